The highest BCUT2D eigenvalue weighted by Gasteiger charge is 2.29. The maximum absolute atomic E-state index is 12.2. The number of carbonyl (C=O) groups excluding carboxylic acids is 1. The van der Waals surface area contributed by atoms with Crippen LogP contribution in [0.3, 0.4) is 0 Å². The van der Waals surface area contributed by atoms with Crippen LogP contribution in [0.25, 0.3) is 0 Å². The van der Waals surface area contributed by atoms with E-state index in [0.29, 0.717) is 13.0 Å². The first-order chi connectivity index (χ1) is 7.53. The minimum Gasteiger partial charge on any atom is -0.329 e. The second-order valence-electron chi connectivity index (χ2n) is 4.64. The lowest BCUT2D eigenvalue weighted by molar-refractivity contribution is -0.126. The largest absolute Gasteiger partial charge is 0.329 e. The first kappa shape index (κ1) is 12.9. The van der Waals surface area contributed by atoms with E-state index in [1.807, 2.05) is 45.0 Å². The summed E-state index contributed by atoms with van der Waals surface area (Å²) < 4.78 is 0. The van der Waals surface area contributed by atoms with Gasteiger partial charge in [0.2, 0.25) is 0 Å². The van der Waals surface area contributed by atoms with Gasteiger partial charge in [0.15, 0.2) is 0 Å². The van der Waals surface area contributed by atoms with Crippen molar-refractivity contribution in [3.8, 4) is 0 Å². The monoisotopic (exact) mass is 219 g/mol. The molecular formula is C14H21NO. The van der Waals surface area contributed by atoms with E-state index in [-0.39, 0.29) is 11.2 Å². The Bertz CT molecular complexity index is 367. The molecule has 2 N–H and O–H groups in total. The number of hydrogen-bond donors (Lipinski definition) is 1. The Morgan fingerprint density at radius 2 is 2.00 bits per heavy atom. The molecule has 0 aliphatic carbocycles. The molecular weight excluding hydrogens is 198 g/mol. The summed E-state index contributed by atoms with van der Waals surface area (Å²) in [5.41, 5.74) is 7.60. The lowest BCUT2D eigenvalue weighted by Gasteiger charge is -2.24. The molecule has 1 unspecified atom stereocenters. The summed E-state index contributed by atoms with van der Waals surface area (Å²) in [6.45, 7) is 6.43. The van der Waals surface area contributed by atoms with E-state index in [1.54, 1.807) is 0 Å². The maximum atomic E-state index is 12.2. The molecule has 0 aliphatic rings. The van der Waals surface area contributed by atoms with E-state index in [2.05, 4.69) is 0 Å². The number of benzene rings is 1. The molecule has 0 spiro atoms. The number of nitrogens with two attached hydrogens (primary N) is 1. The minimum absolute atomic E-state index is 0.242. The van der Waals surface area contributed by atoms with Gasteiger partial charge >= 0.3 is 0 Å². The summed E-state index contributed by atoms with van der Waals surface area (Å²) in [5.74, 6) is 0.242. The van der Waals surface area contributed by atoms with Crippen LogP contribution < -0.4 is 5.73 Å². The van der Waals surface area contributed by atoms with Gasteiger partial charge in [0, 0.05) is 18.4 Å². The van der Waals surface area contributed by atoms with Gasteiger partial charge in [-0.15, -0.1) is 0 Å². The summed E-state index contributed by atoms with van der Waals surface area (Å²) >= 11 is 0. The lowest BCUT2D eigenvalue weighted by Crippen LogP contribution is -2.36. The summed E-state index contributed by atoms with van der Waals surface area (Å²) in [6.07, 6.45) is 1.29. The predicted molar refractivity (Wildman–Crippen MR) is 67.3 cm³/mol. The summed E-state index contributed by atoms with van der Waals surface area (Å²) in [7, 11) is 0. The van der Waals surface area contributed by atoms with Crippen molar-refractivity contribution in [2.24, 2.45) is 11.1 Å². The van der Waals surface area contributed by atoms with Crippen molar-refractivity contribution in [2.75, 3.05) is 6.54 Å². The molecule has 0 aromatic heterocycles. The van der Waals surface area contributed by atoms with Crippen molar-refractivity contribution < 1.29 is 4.79 Å². The molecule has 88 valence electrons. The highest BCUT2D eigenvalue weighted by Crippen LogP contribution is 2.23. The van der Waals surface area contributed by atoms with E-state index in [0.717, 1.165) is 12.0 Å². The molecule has 0 aliphatic heterocycles. The van der Waals surface area contributed by atoms with Gasteiger partial charge in [0.1, 0.15) is 5.78 Å². The molecule has 1 aromatic rings. The number of Topliss-reactive ketones (excluding diaryl/α,β-unsaturated/α-hetero) is 1. The first-order valence-electron chi connectivity index (χ1n) is 5.81. The smallest absolute Gasteiger partial charge is 0.144 e. The summed E-state index contributed by atoms with van der Waals surface area (Å²) in [5, 5.41) is 0. The highest BCUT2D eigenvalue weighted by atomic mass is 16.1. The van der Waals surface area contributed by atoms with E-state index >= 15 is 0 Å². The normalized spacial score (nSPS) is 14.5. The van der Waals surface area contributed by atoms with Crippen LogP contribution in [0.2, 0.25) is 0 Å². The predicted octanol–water partition coefficient (Wildman–Crippen LogP) is 2.48. The van der Waals surface area contributed by atoms with Crippen molar-refractivity contribution in [3.05, 3.63) is 35.4 Å². The van der Waals surface area contributed by atoms with Gasteiger partial charge in [-0.1, -0.05) is 38.1 Å². The molecule has 0 amide bonds. The average molecular weight is 219 g/mol. The van der Waals surface area contributed by atoms with E-state index in [9.17, 15) is 4.79 Å². The molecule has 2 heteroatoms. The van der Waals surface area contributed by atoms with Crippen LogP contribution in [0.5, 0.6) is 0 Å². The van der Waals surface area contributed by atoms with Gasteiger partial charge in [-0.25, -0.2) is 0 Å². The summed E-state index contributed by atoms with van der Waals surface area (Å²) in [4.78, 5) is 12.2. The Labute approximate surface area is 97.9 Å². The molecule has 1 aromatic carbocycles. The summed E-state index contributed by atoms with van der Waals surface area (Å²) in [6, 6.07) is 8.01. The van der Waals surface area contributed by atoms with E-state index in [4.69, 9.17) is 5.73 Å². The molecule has 0 heterocycles. The van der Waals surface area contributed by atoms with Crippen LogP contribution in [0.15, 0.2) is 24.3 Å². The molecule has 0 saturated heterocycles. The van der Waals surface area contributed by atoms with Crippen molar-refractivity contribution in [2.45, 2.75) is 33.6 Å². The number of hydrogen-bond acceptors (Lipinski definition) is 2. The van der Waals surface area contributed by atoms with Crippen LogP contribution in [-0.2, 0) is 11.2 Å². The van der Waals surface area contributed by atoms with Gasteiger partial charge in [0.25, 0.3) is 0 Å². The third-order valence-electron chi connectivity index (χ3n) is 3.52. The zero-order valence-corrected chi connectivity index (χ0v) is 10.4. The maximum Gasteiger partial charge on any atom is 0.144 e. The Morgan fingerprint density at radius 3 is 2.50 bits per heavy atom. The highest BCUT2D eigenvalue weighted by molar-refractivity contribution is 5.86. The van der Waals surface area contributed by atoms with Gasteiger partial charge in [0.05, 0.1) is 0 Å². The third kappa shape index (κ3) is 2.70. The fourth-order valence-electron chi connectivity index (χ4n) is 1.65. The third-order valence-corrected chi connectivity index (χ3v) is 3.52. The Morgan fingerprint density at radius 1 is 1.38 bits per heavy atom. The van der Waals surface area contributed by atoms with Crippen molar-refractivity contribution in [3.63, 3.8) is 0 Å². The van der Waals surface area contributed by atoms with E-state index in [1.165, 1.54) is 5.56 Å². The quantitative estimate of drug-likeness (QED) is 0.826. The van der Waals surface area contributed by atoms with Gasteiger partial charge in [-0.3, -0.25) is 4.79 Å². The Hall–Kier alpha value is -1.15. The number of ketones is 1. The molecule has 1 atom stereocenters. The van der Waals surface area contributed by atoms with Crippen LogP contribution in [0.1, 0.15) is 31.4 Å². The van der Waals surface area contributed by atoms with Crippen molar-refractivity contribution in [1.29, 1.82) is 0 Å². The topological polar surface area (TPSA) is 43.1 Å². The fraction of sp³-hybridized carbons (Fsp3) is 0.500. The molecule has 0 fully saturated rings. The average Bonchev–Trinajstić information content (AvgIpc) is 2.31. The van der Waals surface area contributed by atoms with Crippen LogP contribution in [-0.4, -0.2) is 12.3 Å². The first-order valence-corrected chi connectivity index (χ1v) is 5.81. The zero-order chi connectivity index (χ0) is 12.2. The number of aryl methyl sites for hydroxylation is 1. The van der Waals surface area contributed by atoms with Crippen LogP contribution in [0, 0.1) is 12.3 Å². The molecule has 0 radical (unpaired) electrons. The Balaban J connectivity index is 2.83. The standard InChI is InChI=1S/C14H21NO/c1-4-14(3,10-15)13(16)9-12-8-6-5-7-11(12)2/h5-8H,4,9-10,15H2,1-3H3. The SMILES string of the molecule is CCC(C)(CN)C(=O)Cc1ccccc1C. The molecule has 0 bridgehead atoms. The number of rotatable bonds is 5. The minimum atomic E-state index is -0.373. The van der Waals surface area contributed by atoms with Gasteiger partial charge in [-0.05, 0) is 24.5 Å². The molecule has 1 rings (SSSR count). The lowest BCUT2D eigenvalue weighted by atomic mass is 9.80. The zero-order valence-electron chi connectivity index (χ0n) is 10.4. The fourth-order valence-corrected chi connectivity index (χ4v) is 1.65. The van der Waals surface area contributed by atoms with Crippen LogP contribution in [0.4, 0.5) is 0 Å². The molecule has 0 saturated carbocycles. The Kier molecular flexibility index (Phi) is 4.25. The second kappa shape index (κ2) is 5.26. The molecule has 2 nitrogen and oxygen atoms in total. The number of carbonyl (C=O) groups is 1. The molecule has 16 heavy (non-hydrogen) atoms. The van der Waals surface area contributed by atoms with E-state index < -0.39 is 0 Å². The second-order valence-corrected chi connectivity index (χ2v) is 4.64. The van der Waals surface area contributed by atoms with Crippen LogP contribution >= 0.6 is 0 Å². The van der Waals surface area contributed by atoms with Crippen molar-refractivity contribution in [1.82, 2.24) is 0 Å². The van der Waals surface area contributed by atoms with Gasteiger partial charge < -0.3 is 5.73 Å². The van der Waals surface area contributed by atoms with Crippen molar-refractivity contribution >= 4 is 5.78 Å². The van der Waals surface area contributed by atoms with Gasteiger partial charge in [-0.2, -0.15) is 0 Å².